The van der Waals surface area contributed by atoms with Crippen LogP contribution in [-0.4, -0.2) is 49.8 Å². The fourth-order valence-electron chi connectivity index (χ4n) is 3.16. The molecule has 2 N–H and O–H groups in total. The molecule has 5 heteroatoms. The lowest BCUT2D eigenvalue weighted by atomic mass is 10.1. The SMILES string of the molecule is CCNC(=NCc1ccc(C)cc1SC)NCCCCN1CCCC1. The number of unbranched alkanes of at least 4 members (excludes halogenated alkanes) is 1. The molecule has 0 bridgehead atoms. The van der Waals surface area contributed by atoms with Crippen LogP contribution in [0.25, 0.3) is 0 Å². The van der Waals surface area contributed by atoms with Crippen LogP contribution >= 0.6 is 11.8 Å². The minimum atomic E-state index is 0.722. The molecule has 1 aliphatic rings. The highest BCUT2D eigenvalue weighted by atomic mass is 32.2. The third-order valence-corrected chi connectivity index (χ3v) is 5.41. The average molecular weight is 363 g/mol. The number of thioether (sulfide) groups is 1. The van der Waals surface area contributed by atoms with E-state index >= 15 is 0 Å². The van der Waals surface area contributed by atoms with Gasteiger partial charge in [0.25, 0.3) is 0 Å². The van der Waals surface area contributed by atoms with Gasteiger partial charge in [-0.15, -0.1) is 11.8 Å². The first-order valence-electron chi connectivity index (χ1n) is 9.61. The van der Waals surface area contributed by atoms with Crippen molar-refractivity contribution in [3.05, 3.63) is 29.3 Å². The van der Waals surface area contributed by atoms with Crippen LogP contribution in [0.2, 0.25) is 0 Å². The molecule has 0 aliphatic carbocycles. The molecule has 0 spiro atoms. The van der Waals surface area contributed by atoms with E-state index in [1.165, 1.54) is 61.3 Å². The minimum Gasteiger partial charge on any atom is -0.357 e. The fraction of sp³-hybridized carbons (Fsp3) is 0.650. The van der Waals surface area contributed by atoms with Gasteiger partial charge >= 0.3 is 0 Å². The van der Waals surface area contributed by atoms with Crippen molar-refractivity contribution in [2.75, 3.05) is 39.0 Å². The minimum absolute atomic E-state index is 0.722. The van der Waals surface area contributed by atoms with E-state index in [-0.39, 0.29) is 0 Å². The molecule has 0 atom stereocenters. The maximum absolute atomic E-state index is 4.77. The molecule has 0 radical (unpaired) electrons. The lowest BCUT2D eigenvalue weighted by molar-refractivity contribution is 0.330. The Morgan fingerprint density at radius 1 is 1.20 bits per heavy atom. The number of nitrogens with zero attached hydrogens (tertiary/aromatic N) is 2. The van der Waals surface area contributed by atoms with E-state index < -0.39 is 0 Å². The lowest BCUT2D eigenvalue weighted by Gasteiger charge is -2.15. The van der Waals surface area contributed by atoms with E-state index in [2.05, 4.69) is 53.8 Å². The molecule has 1 aromatic carbocycles. The standard InChI is InChI=1S/C20H34N4S/c1-4-21-20(22-11-5-6-12-24-13-7-8-14-24)23-16-18-10-9-17(2)15-19(18)25-3/h9-10,15H,4-8,11-14,16H2,1-3H3,(H2,21,22,23). The molecule has 140 valence electrons. The number of rotatable bonds is 9. The van der Waals surface area contributed by atoms with Crippen LogP contribution in [0.15, 0.2) is 28.1 Å². The van der Waals surface area contributed by atoms with Crippen molar-refractivity contribution >= 4 is 17.7 Å². The zero-order valence-electron chi connectivity index (χ0n) is 16.1. The average Bonchev–Trinajstić information content (AvgIpc) is 3.13. The molecule has 1 fully saturated rings. The quantitative estimate of drug-likeness (QED) is 0.304. The Kier molecular flexibility index (Phi) is 9.19. The van der Waals surface area contributed by atoms with Crippen molar-refractivity contribution in [2.24, 2.45) is 4.99 Å². The summed E-state index contributed by atoms with van der Waals surface area (Å²) < 4.78 is 0. The Labute approximate surface area is 157 Å². The summed E-state index contributed by atoms with van der Waals surface area (Å²) in [5.41, 5.74) is 2.60. The van der Waals surface area contributed by atoms with Gasteiger partial charge in [-0.2, -0.15) is 0 Å². The summed E-state index contributed by atoms with van der Waals surface area (Å²) in [6, 6.07) is 6.61. The summed E-state index contributed by atoms with van der Waals surface area (Å²) in [4.78, 5) is 8.68. The maximum atomic E-state index is 4.77. The number of likely N-dealkylation sites (tertiary alicyclic amines) is 1. The second-order valence-electron chi connectivity index (χ2n) is 6.69. The second-order valence-corrected chi connectivity index (χ2v) is 7.54. The van der Waals surface area contributed by atoms with Crippen molar-refractivity contribution in [3.8, 4) is 0 Å². The number of aliphatic imine (C=N–C) groups is 1. The van der Waals surface area contributed by atoms with Gasteiger partial charge in [-0.25, -0.2) is 4.99 Å². The third-order valence-electron chi connectivity index (χ3n) is 4.59. The molecule has 4 nitrogen and oxygen atoms in total. The molecule has 0 saturated carbocycles. The molecule has 0 aromatic heterocycles. The molecule has 2 rings (SSSR count). The molecule has 0 amide bonds. The fourth-order valence-corrected chi connectivity index (χ4v) is 3.86. The van der Waals surface area contributed by atoms with Gasteiger partial charge in [-0.05, 0) is 82.6 Å². The van der Waals surface area contributed by atoms with Gasteiger partial charge in [0.1, 0.15) is 0 Å². The number of nitrogens with one attached hydrogen (secondary N) is 2. The zero-order chi connectivity index (χ0) is 17.9. The van der Waals surface area contributed by atoms with Gasteiger partial charge in [0.2, 0.25) is 0 Å². The Balaban J connectivity index is 1.77. The monoisotopic (exact) mass is 362 g/mol. The maximum Gasteiger partial charge on any atom is 0.191 e. The first-order valence-corrected chi connectivity index (χ1v) is 10.8. The zero-order valence-corrected chi connectivity index (χ0v) is 16.9. The van der Waals surface area contributed by atoms with Crippen molar-refractivity contribution in [3.63, 3.8) is 0 Å². The van der Waals surface area contributed by atoms with E-state index in [1.54, 1.807) is 11.8 Å². The highest BCUT2D eigenvalue weighted by molar-refractivity contribution is 7.98. The summed E-state index contributed by atoms with van der Waals surface area (Å²) >= 11 is 1.80. The number of guanidine groups is 1. The van der Waals surface area contributed by atoms with E-state index in [0.717, 1.165) is 25.6 Å². The van der Waals surface area contributed by atoms with Crippen LogP contribution in [0, 0.1) is 6.92 Å². The van der Waals surface area contributed by atoms with Crippen LogP contribution < -0.4 is 10.6 Å². The number of hydrogen-bond donors (Lipinski definition) is 2. The summed E-state index contributed by atoms with van der Waals surface area (Å²) in [5, 5.41) is 6.83. The van der Waals surface area contributed by atoms with E-state index in [4.69, 9.17) is 4.99 Å². The van der Waals surface area contributed by atoms with Gasteiger partial charge in [0, 0.05) is 18.0 Å². The Morgan fingerprint density at radius 2 is 2.00 bits per heavy atom. The van der Waals surface area contributed by atoms with Crippen LogP contribution in [0.5, 0.6) is 0 Å². The van der Waals surface area contributed by atoms with E-state index in [1.807, 2.05) is 0 Å². The highest BCUT2D eigenvalue weighted by Crippen LogP contribution is 2.22. The van der Waals surface area contributed by atoms with E-state index in [9.17, 15) is 0 Å². The topological polar surface area (TPSA) is 39.7 Å². The molecule has 1 aliphatic heterocycles. The molecular formula is C20H34N4S. The molecule has 1 aromatic rings. The number of aryl methyl sites for hydroxylation is 1. The second kappa shape index (κ2) is 11.4. The van der Waals surface area contributed by atoms with Crippen LogP contribution in [0.1, 0.15) is 43.7 Å². The van der Waals surface area contributed by atoms with Crippen LogP contribution in [0.4, 0.5) is 0 Å². The lowest BCUT2D eigenvalue weighted by Crippen LogP contribution is -2.38. The molecular weight excluding hydrogens is 328 g/mol. The first kappa shape index (κ1) is 20.1. The predicted octanol–water partition coefficient (Wildman–Crippen LogP) is 3.65. The Morgan fingerprint density at radius 3 is 2.72 bits per heavy atom. The Bertz CT molecular complexity index is 538. The van der Waals surface area contributed by atoms with E-state index in [0.29, 0.717) is 0 Å². The smallest absolute Gasteiger partial charge is 0.191 e. The van der Waals surface area contributed by atoms with Crippen LogP contribution in [0.3, 0.4) is 0 Å². The largest absolute Gasteiger partial charge is 0.357 e. The number of benzene rings is 1. The summed E-state index contributed by atoms with van der Waals surface area (Å²) in [7, 11) is 0. The predicted molar refractivity (Wildman–Crippen MR) is 111 cm³/mol. The number of hydrogen-bond acceptors (Lipinski definition) is 3. The molecule has 0 unspecified atom stereocenters. The normalized spacial score (nSPS) is 15.6. The highest BCUT2D eigenvalue weighted by Gasteiger charge is 2.10. The van der Waals surface area contributed by atoms with Gasteiger partial charge in [-0.3, -0.25) is 0 Å². The summed E-state index contributed by atoms with van der Waals surface area (Å²) in [5.74, 6) is 0.927. The summed E-state index contributed by atoms with van der Waals surface area (Å²) in [6.07, 6.45) is 7.35. The van der Waals surface area contributed by atoms with Crippen molar-refractivity contribution in [2.45, 2.75) is 51.0 Å². The summed E-state index contributed by atoms with van der Waals surface area (Å²) in [6.45, 7) is 10.7. The first-order chi connectivity index (χ1) is 12.2. The van der Waals surface area contributed by atoms with Crippen molar-refractivity contribution < 1.29 is 0 Å². The third kappa shape index (κ3) is 7.28. The van der Waals surface area contributed by atoms with Gasteiger partial charge in [0.05, 0.1) is 6.54 Å². The molecule has 25 heavy (non-hydrogen) atoms. The molecule has 1 saturated heterocycles. The van der Waals surface area contributed by atoms with Crippen molar-refractivity contribution in [1.82, 2.24) is 15.5 Å². The van der Waals surface area contributed by atoms with Gasteiger partial charge in [-0.1, -0.05) is 12.1 Å². The van der Waals surface area contributed by atoms with Gasteiger partial charge in [0.15, 0.2) is 5.96 Å². The Hall–Kier alpha value is -1.20. The van der Waals surface area contributed by atoms with Crippen molar-refractivity contribution in [1.29, 1.82) is 0 Å². The molecule has 1 heterocycles. The van der Waals surface area contributed by atoms with Crippen LogP contribution in [-0.2, 0) is 6.54 Å². The van der Waals surface area contributed by atoms with Gasteiger partial charge < -0.3 is 15.5 Å².